The van der Waals surface area contributed by atoms with Gasteiger partial charge in [0.1, 0.15) is 23.5 Å². The normalized spacial score (nSPS) is 22.6. The SMILES string of the molecule is CNc1cc(N2CCCC2C(N)=O)nc(C2CC2)n1. The summed E-state index contributed by atoms with van der Waals surface area (Å²) in [5.74, 6) is 2.73. The molecule has 0 bridgehead atoms. The lowest BCUT2D eigenvalue weighted by atomic mass is 10.2. The van der Waals surface area contributed by atoms with Gasteiger partial charge in [-0.15, -0.1) is 0 Å². The van der Waals surface area contributed by atoms with Gasteiger partial charge >= 0.3 is 0 Å². The number of carbonyl (C=O) groups is 1. The summed E-state index contributed by atoms with van der Waals surface area (Å²) in [6.45, 7) is 0.831. The highest BCUT2D eigenvalue weighted by Crippen LogP contribution is 2.39. The summed E-state index contributed by atoms with van der Waals surface area (Å²) in [5, 5.41) is 3.06. The maximum absolute atomic E-state index is 11.5. The minimum absolute atomic E-state index is 0.230. The van der Waals surface area contributed by atoms with E-state index in [0.717, 1.165) is 49.7 Å². The third kappa shape index (κ3) is 2.34. The number of hydrogen-bond acceptors (Lipinski definition) is 5. The van der Waals surface area contributed by atoms with Gasteiger partial charge in [0.25, 0.3) is 0 Å². The van der Waals surface area contributed by atoms with Crippen molar-refractivity contribution < 1.29 is 4.79 Å². The molecule has 0 aromatic carbocycles. The van der Waals surface area contributed by atoms with E-state index in [0.29, 0.717) is 5.92 Å². The van der Waals surface area contributed by atoms with Crippen molar-refractivity contribution in [1.29, 1.82) is 0 Å². The summed E-state index contributed by atoms with van der Waals surface area (Å²) in [7, 11) is 1.85. The lowest BCUT2D eigenvalue weighted by Gasteiger charge is -2.24. The Kier molecular flexibility index (Phi) is 3.00. The van der Waals surface area contributed by atoms with Crippen molar-refractivity contribution in [2.24, 2.45) is 5.73 Å². The molecule has 1 amide bonds. The highest BCUT2D eigenvalue weighted by molar-refractivity contribution is 5.84. The van der Waals surface area contributed by atoms with E-state index in [1.165, 1.54) is 0 Å². The maximum atomic E-state index is 11.5. The van der Waals surface area contributed by atoms with Crippen LogP contribution in [-0.4, -0.2) is 35.5 Å². The van der Waals surface area contributed by atoms with Crippen molar-refractivity contribution >= 4 is 17.5 Å². The number of amides is 1. The van der Waals surface area contributed by atoms with Crippen LogP contribution in [0.15, 0.2) is 6.07 Å². The van der Waals surface area contributed by atoms with E-state index in [-0.39, 0.29) is 11.9 Å². The van der Waals surface area contributed by atoms with Gasteiger partial charge in [0, 0.05) is 25.6 Å². The summed E-state index contributed by atoms with van der Waals surface area (Å²) in [6, 6.07) is 1.67. The highest BCUT2D eigenvalue weighted by atomic mass is 16.1. The minimum atomic E-state index is -0.268. The van der Waals surface area contributed by atoms with Crippen LogP contribution >= 0.6 is 0 Å². The fourth-order valence-corrected chi connectivity index (χ4v) is 2.59. The Morgan fingerprint density at radius 1 is 1.42 bits per heavy atom. The molecular formula is C13H19N5O. The Morgan fingerprint density at radius 3 is 2.84 bits per heavy atom. The lowest BCUT2D eigenvalue weighted by molar-refractivity contribution is -0.119. The van der Waals surface area contributed by atoms with Crippen molar-refractivity contribution in [1.82, 2.24) is 9.97 Å². The molecule has 0 radical (unpaired) electrons. The van der Waals surface area contributed by atoms with Crippen molar-refractivity contribution in [2.75, 3.05) is 23.8 Å². The minimum Gasteiger partial charge on any atom is -0.373 e. The first kappa shape index (κ1) is 12.2. The number of anilines is 2. The molecule has 1 saturated carbocycles. The Labute approximate surface area is 112 Å². The zero-order valence-corrected chi connectivity index (χ0v) is 11.1. The Hall–Kier alpha value is -1.85. The van der Waals surface area contributed by atoms with E-state index in [9.17, 15) is 4.79 Å². The van der Waals surface area contributed by atoms with Crippen LogP contribution in [0.25, 0.3) is 0 Å². The molecule has 1 aliphatic heterocycles. The van der Waals surface area contributed by atoms with Gasteiger partial charge in [0.05, 0.1) is 0 Å². The molecule has 1 unspecified atom stereocenters. The van der Waals surface area contributed by atoms with Gasteiger partial charge in [-0.25, -0.2) is 9.97 Å². The number of carbonyl (C=O) groups excluding carboxylic acids is 1. The largest absolute Gasteiger partial charge is 0.373 e. The predicted octanol–water partition coefficient (Wildman–Crippen LogP) is 0.850. The van der Waals surface area contributed by atoms with Crippen LogP contribution < -0.4 is 16.0 Å². The summed E-state index contributed by atoms with van der Waals surface area (Å²) in [5.41, 5.74) is 5.47. The van der Waals surface area contributed by atoms with Crippen LogP contribution in [0, 0.1) is 0 Å². The molecule has 1 atom stereocenters. The summed E-state index contributed by atoms with van der Waals surface area (Å²) in [6.07, 6.45) is 4.11. The number of primary amides is 1. The smallest absolute Gasteiger partial charge is 0.240 e. The molecule has 6 nitrogen and oxygen atoms in total. The fourth-order valence-electron chi connectivity index (χ4n) is 2.59. The van der Waals surface area contributed by atoms with Gasteiger partial charge in [-0.05, 0) is 25.7 Å². The molecule has 2 heterocycles. The van der Waals surface area contributed by atoms with Crippen molar-refractivity contribution in [3.8, 4) is 0 Å². The summed E-state index contributed by atoms with van der Waals surface area (Å²) in [4.78, 5) is 22.6. The second kappa shape index (κ2) is 4.68. The van der Waals surface area contributed by atoms with E-state index < -0.39 is 0 Å². The van der Waals surface area contributed by atoms with E-state index >= 15 is 0 Å². The average molecular weight is 261 g/mol. The first-order chi connectivity index (χ1) is 9.19. The molecular weight excluding hydrogens is 242 g/mol. The third-order valence-electron chi connectivity index (χ3n) is 3.80. The zero-order chi connectivity index (χ0) is 13.4. The number of nitrogens with one attached hydrogen (secondary N) is 1. The molecule has 1 aliphatic carbocycles. The van der Waals surface area contributed by atoms with Crippen molar-refractivity contribution in [3.05, 3.63) is 11.9 Å². The van der Waals surface area contributed by atoms with Crippen LogP contribution in [0.5, 0.6) is 0 Å². The Balaban J connectivity index is 1.94. The molecule has 1 aromatic rings. The molecule has 3 rings (SSSR count). The number of aromatic nitrogens is 2. The van der Waals surface area contributed by atoms with Gasteiger partial charge in [0.2, 0.25) is 5.91 Å². The van der Waals surface area contributed by atoms with E-state index in [2.05, 4.69) is 15.3 Å². The molecule has 102 valence electrons. The molecule has 6 heteroatoms. The molecule has 19 heavy (non-hydrogen) atoms. The van der Waals surface area contributed by atoms with E-state index in [1.54, 1.807) is 0 Å². The molecule has 1 aromatic heterocycles. The molecule has 2 fully saturated rings. The van der Waals surface area contributed by atoms with Crippen LogP contribution in [0.3, 0.4) is 0 Å². The first-order valence-corrected chi connectivity index (χ1v) is 6.81. The molecule has 2 aliphatic rings. The average Bonchev–Trinajstić information content (AvgIpc) is 3.14. The monoisotopic (exact) mass is 261 g/mol. The van der Waals surface area contributed by atoms with E-state index in [4.69, 9.17) is 5.73 Å². The van der Waals surface area contributed by atoms with Crippen LogP contribution in [0.4, 0.5) is 11.6 Å². The summed E-state index contributed by atoms with van der Waals surface area (Å²) >= 11 is 0. The first-order valence-electron chi connectivity index (χ1n) is 6.81. The summed E-state index contributed by atoms with van der Waals surface area (Å²) < 4.78 is 0. The number of nitrogens with two attached hydrogens (primary N) is 1. The van der Waals surface area contributed by atoms with Gasteiger partial charge in [-0.2, -0.15) is 0 Å². The molecule has 3 N–H and O–H groups in total. The number of nitrogens with zero attached hydrogens (tertiary/aromatic N) is 3. The molecule has 0 spiro atoms. The Bertz CT molecular complexity index is 500. The maximum Gasteiger partial charge on any atom is 0.240 e. The van der Waals surface area contributed by atoms with Gasteiger partial charge in [-0.1, -0.05) is 0 Å². The fraction of sp³-hybridized carbons (Fsp3) is 0.615. The van der Waals surface area contributed by atoms with Crippen LogP contribution in [-0.2, 0) is 4.79 Å². The van der Waals surface area contributed by atoms with Gasteiger partial charge in [-0.3, -0.25) is 4.79 Å². The zero-order valence-electron chi connectivity index (χ0n) is 11.1. The standard InChI is InChI=1S/C13H19N5O/c1-15-10-7-11(17-13(16-10)8-4-5-8)18-6-2-3-9(18)12(14)19/h7-9H,2-6H2,1H3,(H2,14,19)(H,15,16,17). The van der Waals surface area contributed by atoms with Crippen LogP contribution in [0.2, 0.25) is 0 Å². The van der Waals surface area contributed by atoms with Crippen molar-refractivity contribution in [3.63, 3.8) is 0 Å². The quantitative estimate of drug-likeness (QED) is 0.839. The number of rotatable bonds is 4. The Morgan fingerprint density at radius 2 is 2.21 bits per heavy atom. The van der Waals surface area contributed by atoms with E-state index in [1.807, 2.05) is 18.0 Å². The number of hydrogen-bond donors (Lipinski definition) is 2. The lowest BCUT2D eigenvalue weighted by Crippen LogP contribution is -2.40. The van der Waals surface area contributed by atoms with Crippen LogP contribution in [0.1, 0.15) is 37.4 Å². The third-order valence-corrected chi connectivity index (χ3v) is 3.80. The topological polar surface area (TPSA) is 84.1 Å². The predicted molar refractivity (Wildman–Crippen MR) is 73.1 cm³/mol. The van der Waals surface area contributed by atoms with Gasteiger partial charge < -0.3 is 16.0 Å². The van der Waals surface area contributed by atoms with Gasteiger partial charge in [0.15, 0.2) is 0 Å². The second-order valence-electron chi connectivity index (χ2n) is 5.25. The second-order valence-corrected chi connectivity index (χ2v) is 5.25. The molecule has 1 saturated heterocycles. The highest BCUT2D eigenvalue weighted by Gasteiger charge is 2.32. The van der Waals surface area contributed by atoms with Crippen molar-refractivity contribution in [2.45, 2.75) is 37.6 Å².